The van der Waals surface area contributed by atoms with Crippen molar-refractivity contribution >= 4 is 5.97 Å². The van der Waals surface area contributed by atoms with Gasteiger partial charge in [-0.1, -0.05) is 44.9 Å². The van der Waals surface area contributed by atoms with E-state index in [1.54, 1.807) is 0 Å². The summed E-state index contributed by atoms with van der Waals surface area (Å²) in [6, 6.07) is 0. The Morgan fingerprint density at radius 3 is 2.25 bits per heavy atom. The molecule has 0 unspecified atom stereocenters. The second-order valence-corrected chi connectivity index (χ2v) is 4.14. The van der Waals surface area contributed by atoms with Gasteiger partial charge in [0.25, 0.3) is 0 Å². The summed E-state index contributed by atoms with van der Waals surface area (Å²) in [6.45, 7) is 8.36. The van der Waals surface area contributed by atoms with Crippen LogP contribution in [0.4, 0.5) is 0 Å². The van der Waals surface area contributed by atoms with Crippen molar-refractivity contribution in [3.63, 3.8) is 0 Å². The molecule has 0 fully saturated rings. The number of hydrogen-bond acceptors (Lipinski definition) is 1. The number of carbonyl (C=O) groups is 1. The summed E-state index contributed by atoms with van der Waals surface area (Å²) < 4.78 is 0. The number of rotatable bonds is 9. The molecule has 0 atom stereocenters. The Morgan fingerprint density at radius 2 is 1.75 bits per heavy atom. The highest BCUT2D eigenvalue weighted by Crippen LogP contribution is 2.21. The van der Waals surface area contributed by atoms with Crippen LogP contribution in [0.25, 0.3) is 0 Å². The Balaban J connectivity index is 4.33. The van der Waals surface area contributed by atoms with E-state index in [0.29, 0.717) is 0 Å². The quantitative estimate of drug-likeness (QED) is 0.592. The van der Waals surface area contributed by atoms with Crippen molar-refractivity contribution in [3.8, 4) is 0 Å². The molecular formula is C14H24O2. The summed E-state index contributed by atoms with van der Waals surface area (Å²) in [6.07, 6.45) is 8.43. The molecule has 1 N–H and O–H groups in total. The minimum atomic E-state index is -0.766. The summed E-state index contributed by atoms with van der Waals surface area (Å²) in [4.78, 5) is 10.5. The van der Waals surface area contributed by atoms with Crippen LogP contribution in [0.1, 0.15) is 58.8 Å². The average Bonchev–Trinajstić information content (AvgIpc) is 2.25. The van der Waals surface area contributed by atoms with Crippen molar-refractivity contribution < 1.29 is 9.90 Å². The van der Waals surface area contributed by atoms with Crippen molar-refractivity contribution in [3.05, 3.63) is 23.8 Å². The third kappa shape index (κ3) is 7.27. The summed E-state index contributed by atoms with van der Waals surface area (Å²) in [5.74, 6) is -0.766. The minimum Gasteiger partial charge on any atom is -0.481 e. The molecule has 0 saturated carbocycles. The SMILES string of the molecule is C=C(CCCC)/C(=C/CC(=O)O)CCCC. The molecule has 16 heavy (non-hydrogen) atoms. The molecule has 0 aliphatic rings. The van der Waals surface area contributed by atoms with Crippen LogP contribution < -0.4 is 0 Å². The van der Waals surface area contributed by atoms with Crippen LogP contribution in [0.2, 0.25) is 0 Å². The van der Waals surface area contributed by atoms with E-state index in [-0.39, 0.29) is 6.42 Å². The van der Waals surface area contributed by atoms with Crippen LogP contribution in [-0.2, 0) is 4.79 Å². The first-order chi connectivity index (χ1) is 7.61. The molecule has 0 aliphatic heterocycles. The van der Waals surface area contributed by atoms with Crippen LogP contribution in [-0.4, -0.2) is 11.1 Å². The van der Waals surface area contributed by atoms with Crippen LogP contribution >= 0.6 is 0 Å². The van der Waals surface area contributed by atoms with E-state index in [2.05, 4.69) is 20.4 Å². The van der Waals surface area contributed by atoms with E-state index in [0.717, 1.165) is 49.7 Å². The van der Waals surface area contributed by atoms with Gasteiger partial charge in [0.15, 0.2) is 0 Å². The molecule has 0 aromatic rings. The largest absolute Gasteiger partial charge is 0.481 e. The van der Waals surface area contributed by atoms with Gasteiger partial charge in [-0.2, -0.15) is 0 Å². The maximum atomic E-state index is 10.5. The van der Waals surface area contributed by atoms with E-state index in [1.807, 2.05) is 6.08 Å². The van der Waals surface area contributed by atoms with Gasteiger partial charge in [0.05, 0.1) is 6.42 Å². The van der Waals surface area contributed by atoms with Gasteiger partial charge in [-0.25, -0.2) is 0 Å². The van der Waals surface area contributed by atoms with E-state index < -0.39 is 5.97 Å². The molecule has 0 heterocycles. The lowest BCUT2D eigenvalue weighted by Crippen LogP contribution is -1.95. The fourth-order valence-corrected chi connectivity index (χ4v) is 1.55. The average molecular weight is 224 g/mol. The third-order valence-corrected chi connectivity index (χ3v) is 2.61. The molecule has 2 nitrogen and oxygen atoms in total. The molecule has 0 radical (unpaired) electrons. The normalized spacial score (nSPS) is 11.5. The van der Waals surface area contributed by atoms with E-state index in [1.165, 1.54) is 0 Å². The molecule has 0 aromatic carbocycles. The lowest BCUT2D eigenvalue weighted by molar-refractivity contribution is -0.136. The number of carboxylic acids is 1. The summed E-state index contributed by atoms with van der Waals surface area (Å²) in [5.41, 5.74) is 2.27. The van der Waals surface area contributed by atoms with Crippen LogP contribution in [0.5, 0.6) is 0 Å². The minimum absolute atomic E-state index is 0.115. The Labute approximate surface area is 99.1 Å². The van der Waals surface area contributed by atoms with Gasteiger partial charge < -0.3 is 5.11 Å². The second-order valence-electron chi connectivity index (χ2n) is 4.14. The molecule has 0 amide bonds. The number of hydrogen-bond donors (Lipinski definition) is 1. The Bertz CT molecular complexity index is 251. The van der Waals surface area contributed by atoms with E-state index in [4.69, 9.17) is 5.11 Å². The maximum absolute atomic E-state index is 10.5. The molecular weight excluding hydrogens is 200 g/mol. The standard InChI is InChI=1S/C14H24O2/c1-4-6-8-12(3)13(9-7-5-2)10-11-14(15)16/h10H,3-9,11H2,1-2H3,(H,15,16)/b13-10+. The first-order valence-corrected chi connectivity index (χ1v) is 6.20. The lowest BCUT2D eigenvalue weighted by atomic mass is 9.96. The monoisotopic (exact) mass is 224 g/mol. The molecule has 0 spiro atoms. The zero-order valence-electron chi connectivity index (χ0n) is 10.6. The van der Waals surface area contributed by atoms with Crippen molar-refractivity contribution in [1.82, 2.24) is 0 Å². The highest BCUT2D eigenvalue weighted by atomic mass is 16.4. The second kappa shape index (κ2) is 9.20. The lowest BCUT2D eigenvalue weighted by Gasteiger charge is -2.10. The van der Waals surface area contributed by atoms with E-state index >= 15 is 0 Å². The van der Waals surface area contributed by atoms with Crippen molar-refractivity contribution in [2.75, 3.05) is 0 Å². The van der Waals surface area contributed by atoms with Crippen LogP contribution in [0.3, 0.4) is 0 Å². The third-order valence-electron chi connectivity index (χ3n) is 2.61. The van der Waals surface area contributed by atoms with Gasteiger partial charge >= 0.3 is 5.97 Å². The number of aliphatic carboxylic acids is 1. The highest BCUT2D eigenvalue weighted by molar-refractivity contribution is 5.69. The van der Waals surface area contributed by atoms with Crippen LogP contribution in [0, 0.1) is 0 Å². The topological polar surface area (TPSA) is 37.3 Å². The number of allylic oxidation sites excluding steroid dienone is 2. The maximum Gasteiger partial charge on any atom is 0.307 e. The Hall–Kier alpha value is -1.05. The number of carboxylic acid groups (broad SMARTS) is 1. The van der Waals surface area contributed by atoms with Gasteiger partial charge in [0, 0.05) is 0 Å². The van der Waals surface area contributed by atoms with Crippen LogP contribution in [0.15, 0.2) is 23.8 Å². The van der Waals surface area contributed by atoms with Crippen molar-refractivity contribution in [2.24, 2.45) is 0 Å². The molecule has 0 saturated heterocycles. The van der Waals surface area contributed by atoms with Gasteiger partial charge in [-0.15, -0.1) is 0 Å². The molecule has 0 rings (SSSR count). The van der Waals surface area contributed by atoms with Gasteiger partial charge in [-0.3, -0.25) is 4.79 Å². The first kappa shape index (κ1) is 14.9. The fourth-order valence-electron chi connectivity index (χ4n) is 1.55. The fraction of sp³-hybridized carbons (Fsp3) is 0.643. The molecule has 2 heteroatoms. The summed E-state index contributed by atoms with van der Waals surface area (Å²) in [7, 11) is 0. The van der Waals surface area contributed by atoms with Crippen molar-refractivity contribution in [1.29, 1.82) is 0 Å². The predicted molar refractivity (Wildman–Crippen MR) is 68.5 cm³/mol. The summed E-state index contributed by atoms with van der Waals surface area (Å²) in [5, 5.41) is 8.67. The van der Waals surface area contributed by atoms with Crippen molar-refractivity contribution in [2.45, 2.75) is 58.8 Å². The smallest absolute Gasteiger partial charge is 0.307 e. The van der Waals surface area contributed by atoms with Gasteiger partial charge in [0.2, 0.25) is 0 Å². The molecule has 92 valence electrons. The summed E-state index contributed by atoms with van der Waals surface area (Å²) >= 11 is 0. The highest BCUT2D eigenvalue weighted by Gasteiger charge is 2.03. The zero-order valence-corrected chi connectivity index (χ0v) is 10.6. The molecule has 0 aromatic heterocycles. The predicted octanol–water partition coefficient (Wildman–Crippen LogP) is 4.32. The first-order valence-electron chi connectivity index (χ1n) is 6.20. The Kier molecular flexibility index (Phi) is 8.59. The number of unbranched alkanes of at least 4 members (excludes halogenated alkanes) is 2. The zero-order chi connectivity index (χ0) is 12.4. The molecule has 0 aliphatic carbocycles. The molecule has 0 bridgehead atoms. The van der Waals surface area contributed by atoms with Gasteiger partial charge in [-0.05, 0) is 31.3 Å². The van der Waals surface area contributed by atoms with E-state index in [9.17, 15) is 4.79 Å². The Morgan fingerprint density at radius 1 is 1.19 bits per heavy atom. The van der Waals surface area contributed by atoms with Gasteiger partial charge in [0.1, 0.15) is 0 Å².